The van der Waals surface area contributed by atoms with E-state index in [1.54, 1.807) is 0 Å². The Hall–Kier alpha value is -1.44. The van der Waals surface area contributed by atoms with Crippen LogP contribution in [0.3, 0.4) is 0 Å². The van der Waals surface area contributed by atoms with Crippen LogP contribution >= 0.6 is 0 Å². The van der Waals surface area contributed by atoms with Crippen molar-refractivity contribution in [1.82, 2.24) is 4.98 Å². The van der Waals surface area contributed by atoms with E-state index in [-0.39, 0.29) is 0 Å². The number of aryl methyl sites for hydroxylation is 2. The van der Waals surface area contributed by atoms with E-state index >= 15 is 0 Å². The first kappa shape index (κ1) is 11.1. The van der Waals surface area contributed by atoms with Gasteiger partial charge in [-0.05, 0) is 31.9 Å². The van der Waals surface area contributed by atoms with Crippen LogP contribution in [0.4, 0.5) is 0 Å². The highest BCUT2D eigenvalue weighted by Gasteiger charge is 2.15. The number of hydrogen-bond donors (Lipinski definition) is 1. The smallest absolute Gasteiger partial charge is 0.195 e. The standard InChI is InChI=1S/C12H13NO.C2H6/c1-8-4-5-11-10(7-8)9-3-2-6-14-12(9)13-11;1-2/h4-5,7,13H,2-3,6H2,1H3;1-2H3. The third kappa shape index (κ3) is 1.80. The topological polar surface area (TPSA) is 25.0 Å². The average Bonchev–Trinajstić information content (AvgIpc) is 2.70. The van der Waals surface area contributed by atoms with Gasteiger partial charge in [-0.25, -0.2) is 0 Å². The van der Waals surface area contributed by atoms with Crippen LogP contribution in [0.1, 0.15) is 31.4 Å². The lowest BCUT2D eigenvalue weighted by Gasteiger charge is -2.12. The van der Waals surface area contributed by atoms with Crippen molar-refractivity contribution in [3.8, 4) is 5.88 Å². The van der Waals surface area contributed by atoms with Crippen molar-refractivity contribution in [1.29, 1.82) is 0 Å². The Morgan fingerprint density at radius 1 is 1.25 bits per heavy atom. The lowest BCUT2D eigenvalue weighted by molar-refractivity contribution is 0.280. The van der Waals surface area contributed by atoms with E-state index in [9.17, 15) is 0 Å². The maximum absolute atomic E-state index is 5.59. The molecular formula is C14H19NO. The Balaban J connectivity index is 0.000000457. The van der Waals surface area contributed by atoms with E-state index in [2.05, 4.69) is 30.1 Å². The second kappa shape index (κ2) is 4.60. The highest BCUT2D eigenvalue weighted by atomic mass is 16.5. The fraction of sp³-hybridized carbons (Fsp3) is 0.429. The number of aromatic amines is 1. The molecular weight excluding hydrogens is 198 g/mol. The van der Waals surface area contributed by atoms with Gasteiger partial charge in [0, 0.05) is 16.5 Å². The second-order valence-electron chi connectivity index (χ2n) is 3.93. The summed E-state index contributed by atoms with van der Waals surface area (Å²) in [4.78, 5) is 3.32. The predicted octanol–water partition coefficient (Wildman–Crippen LogP) is 3.83. The maximum atomic E-state index is 5.59. The van der Waals surface area contributed by atoms with Crippen molar-refractivity contribution in [2.45, 2.75) is 33.6 Å². The molecule has 1 aromatic carbocycles. The summed E-state index contributed by atoms with van der Waals surface area (Å²) < 4.78 is 5.59. The molecule has 2 heteroatoms. The zero-order valence-corrected chi connectivity index (χ0v) is 10.3. The average molecular weight is 217 g/mol. The molecule has 2 aromatic rings. The van der Waals surface area contributed by atoms with Crippen LogP contribution in [0, 0.1) is 6.92 Å². The minimum Gasteiger partial charge on any atom is -0.479 e. The highest BCUT2D eigenvalue weighted by Crippen LogP contribution is 2.32. The number of hydrogen-bond acceptors (Lipinski definition) is 1. The van der Waals surface area contributed by atoms with Gasteiger partial charge in [0.05, 0.1) is 6.61 Å². The van der Waals surface area contributed by atoms with Crippen LogP contribution in [0.15, 0.2) is 18.2 Å². The minimum absolute atomic E-state index is 0.846. The van der Waals surface area contributed by atoms with E-state index in [1.807, 2.05) is 13.8 Å². The summed E-state index contributed by atoms with van der Waals surface area (Å²) in [7, 11) is 0. The Morgan fingerprint density at radius 2 is 2.06 bits per heavy atom. The van der Waals surface area contributed by atoms with Crippen LogP contribution in [0.25, 0.3) is 10.9 Å². The van der Waals surface area contributed by atoms with Crippen molar-refractivity contribution in [2.24, 2.45) is 0 Å². The molecule has 1 aromatic heterocycles. The number of H-pyrrole nitrogens is 1. The molecule has 1 aliphatic rings. The molecule has 0 aliphatic carbocycles. The monoisotopic (exact) mass is 217 g/mol. The summed E-state index contributed by atoms with van der Waals surface area (Å²) in [5.74, 6) is 0.983. The SMILES string of the molecule is CC.Cc1ccc2[nH]c3c(c2c1)CCCO3. The van der Waals surface area contributed by atoms with Gasteiger partial charge in [0.25, 0.3) is 0 Å². The van der Waals surface area contributed by atoms with Gasteiger partial charge in [-0.15, -0.1) is 0 Å². The molecule has 0 unspecified atom stereocenters. The first-order valence-electron chi connectivity index (χ1n) is 6.08. The maximum Gasteiger partial charge on any atom is 0.195 e. The Labute approximate surface area is 96.6 Å². The zero-order chi connectivity index (χ0) is 11.5. The molecule has 1 N–H and O–H groups in total. The summed E-state index contributed by atoms with van der Waals surface area (Å²) in [6.07, 6.45) is 2.27. The van der Waals surface area contributed by atoms with Gasteiger partial charge in [-0.3, -0.25) is 0 Å². The number of benzene rings is 1. The molecule has 86 valence electrons. The molecule has 0 radical (unpaired) electrons. The van der Waals surface area contributed by atoms with Crippen LogP contribution in [-0.4, -0.2) is 11.6 Å². The van der Waals surface area contributed by atoms with Crippen LogP contribution in [-0.2, 0) is 6.42 Å². The number of nitrogens with one attached hydrogen (secondary N) is 1. The van der Waals surface area contributed by atoms with E-state index in [0.29, 0.717) is 0 Å². The molecule has 2 heterocycles. The molecule has 16 heavy (non-hydrogen) atoms. The second-order valence-corrected chi connectivity index (χ2v) is 3.93. The van der Waals surface area contributed by atoms with Crippen LogP contribution < -0.4 is 4.74 Å². The van der Waals surface area contributed by atoms with Gasteiger partial charge < -0.3 is 9.72 Å². The molecule has 0 amide bonds. The quantitative estimate of drug-likeness (QED) is 0.712. The molecule has 0 saturated heterocycles. The summed E-state index contributed by atoms with van der Waals surface area (Å²) in [6.45, 7) is 6.97. The summed E-state index contributed by atoms with van der Waals surface area (Å²) in [6, 6.07) is 6.50. The van der Waals surface area contributed by atoms with Gasteiger partial charge in [0.1, 0.15) is 0 Å². The minimum atomic E-state index is 0.846. The Morgan fingerprint density at radius 3 is 2.88 bits per heavy atom. The first-order chi connectivity index (χ1) is 7.84. The van der Waals surface area contributed by atoms with Gasteiger partial charge in [-0.1, -0.05) is 25.5 Å². The molecule has 0 bridgehead atoms. The van der Waals surface area contributed by atoms with E-state index in [1.165, 1.54) is 22.0 Å². The zero-order valence-electron chi connectivity index (χ0n) is 10.3. The normalized spacial score (nSPS) is 13.7. The fourth-order valence-electron chi connectivity index (χ4n) is 2.13. The summed E-state index contributed by atoms with van der Waals surface area (Å²) in [5.41, 5.74) is 3.86. The van der Waals surface area contributed by atoms with Crippen molar-refractivity contribution in [3.63, 3.8) is 0 Å². The number of aromatic nitrogens is 1. The highest BCUT2D eigenvalue weighted by molar-refractivity contribution is 5.86. The molecule has 2 nitrogen and oxygen atoms in total. The van der Waals surface area contributed by atoms with Crippen molar-refractivity contribution in [3.05, 3.63) is 29.3 Å². The Bertz CT molecular complexity index is 485. The van der Waals surface area contributed by atoms with Gasteiger partial charge in [0.2, 0.25) is 0 Å². The summed E-state index contributed by atoms with van der Waals surface area (Å²) in [5, 5.41) is 1.33. The Kier molecular flexibility index (Phi) is 3.18. The van der Waals surface area contributed by atoms with Gasteiger partial charge >= 0.3 is 0 Å². The number of rotatable bonds is 0. The fourth-order valence-corrected chi connectivity index (χ4v) is 2.13. The number of ether oxygens (including phenoxy) is 1. The molecule has 0 saturated carbocycles. The van der Waals surface area contributed by atoms with E-state index in [0.717, 1.165) is 25.3 Å². The van der Waals surface area contributed by atoms with Gasteiger partial charge in [-0.2, -0.15) is 0 Å². The first-order valence-corrected chi connectivity index (χ1v) is 6.08. The third-order valence-electron chi connectivity index (χ3n) is 2.84. The van der Waals surface area contributed by atoms with Gasteiger partial charge in [0.15, 0.2) is 5.88 Å². The molecule has 0 spiro atoms. The van der Waals surface area contributed by atoms with Crippen LogP contribution in [0.5, 0.6) is 5.88 Å². The lowest BCUT2D eigenvalue weighted by atomic mass is 10.1. The molecule has 0 atom stereocenters. The summed E-state index contributed by atoms with van der Waals surface area (Å²) >= 11 is 0. The largest absolute Gasteiger partial charge is 0.479 e. The van der Waals surface area contributed by atoms with Crippen molar-refractivity contribution < 1.29 is 4.74 Å². The third-order valence-corrected chi connectivity index (χ3v) is 2.84. The number of fused-ring (bicyclic) bond motifs is 3. The van der Waals surface area contributed by atoms with Crippen LogP contribution in [0.2, 0.25) is 0 Å². The lowest BCUT2D eigenvalue weighted by Crippen LogP contribution is -2.06. The van der Waals surface area contributed by atoms with E-state index in [4.69, 9.17) is 4.74 Å². The molecule has 1 aliphatic heterocycles. The molecule has 0 fully saturated rings. The predicted molar refractivity (Wildman–Crippen MR) is 68.2 cm³/mol. The molecule has 3 rings (SSSR count). The van der Waals surface area contributed by atoms with Crippen molar-refractivity contribution in [2.75, 3.05) is 6.61 Å². The van der Waals surface area contributed by atoms with Crippen molar-refractivity contribution >= 4 is 10.9 Å². The van der Waals surface area contributed by atoms with E-state index < -0.39 is 0 Å².